The van der Waals surface area contributed by atoms with Crippen molar-refractivity contribution in [1.82, 2.24) is 14.5 Å². The maximum atomic E-state index is 13.5. The monoisotopic (exact) mass is 433 g/mol. The van der Waals surface area contributed by atoms with E-state index in [-0.39, 0.29) is 11.5 Å². The van der Waals surface area contributed by atoms with Crippen LogP contribution in [-0.4, -0.2) is 39.2 Å². The van der Waals surface area contributed by atoms with Gasteiger partial charge in [0.15, 0.2) is 5.16 Å². The molecule has 0 radical (unpaired) electrons. The fourth-order valence-corrected chi connectivity index (χ4v) is 6.51. The topological polar surface area (TPSA) is 55.2 Å². The Morgan fingerprint density at radius 2 is 1.90 bits per heavy atom. The van der Waals surface area contributed by atoms with Gasteiger partial charge in [-0.05, 0) is 62.8 Å². The number of aromatic nitrogens is 2. The number of thioether (sulfide) groups is 1. The Balaban J connectivity index is 1.64. The number of piperidine rings is 1. The van der Waals surface area contributed by atoms with Gasteiger partial charge in [0.2, 0.25) is 5.91 Å². The van der Waals surface area contributed by atoms with Crippen LogP contribution in [-0.2, 0) is 24.2 Å². The number of hydrogen-bond acceptors (Lipinski definition) is 5. The van der Waals surface area contributed by atoms with Gasteiger partial charge in [0, 0.05) is 24.5 Å². The summed E-state index contributed by atoms with van der Waals surface area (Å²) in [6, 6.07) is 0. The second-order valence-electron chi connectivity index (χ2n) is 8.65. The van der Waals surface area contributed by atoms with Gasteiger partial charge in [0.25, 0.3) is 5.56 Å². The SMILES string of the molecule is CC(C)CCn1c(SCC(=O)N2CCCCC2)nc2sc3c(c2c1=O)CCCC3. The highest BCUT2D eigenvalue weighted by atomic mass is 32.2. The first-order chi connectivity index (χ1) is 14.0. The van der Waals surface area contributed by atoms with E-state index in [9.17, 15) is 9.59 Å². The van der Waals surface area contributed by atoms with Gasteiger partial charge in [-0.2, -0.15) is 0 Å². The first kappa shape index (κ1) is 20.9. The summed E-state index contributed by atoms with van der Waals surface area (Å²) in [5.41, 5.74) is 1.34. The van der Waals surface area contributed by atoms with Crippen molar-refractivity contribution < 1.29 is 4.79 Å². The van der Waals surface area contributed by atoms with Gasteiger partial charge in [-0.25, -0.2) is 4.98 Å². The van der Waals surface area contributed by atoms with E-state index in [1.807, 2.05) is 9.47 Å². The molecular formula is C22H31N3O2S2. The molecule has 0 bridgehead atoms. The molecule has 29 heavy (non-hydrogen) atoms. The molecule has 2 aliphatic rings. The van der Waals surface area contributed by atoms with E-state index in [0.29, 0.717) is 23.4 Å². The number of likely N-dealkylation sites (tertiary alicyclic amines) is 1. The highest BCUT2D eigenvalue weighted by Crippen LogP contribution is 2.34. The van der Waals surface area contributed by atoms with Crippen molar-refractivity contribution in [2.24, 2.45) is 5.92 Å². The zero-order chi connectivity index (χ0) is 20.4. The quantitative estimate of drug-likeness (QED) is 0.498. The van der Waals surface area contributed by atoms with Gasteiger partial charge in [-0.1, -0.05) is 25.6 Å². The lowest BCUT2D eigenvalue weighted by Gasteiger charge is -2.26. The highest BCUT2D eigenvalue weighted by Gasteiger charge is 2.23. The molecule has 0 atom stereocenters. The van der Waals surface area contributed by atoms with Crippen molar-refractivity contribution in [3.63, 3.8) is 0 Å². The lowest BCUT2D eigenvalue weighted by atomic mass is 9.97. The molecule has 0 unspecified atom stereocenters. The summed E-state index contributed by atoms with van der Waals surface area (Å²) < 4.78 is 1.85. The van der Waals surface area contributed by atoms with Gasteiger partial charge < -0.3 is 4.90 Å². The smallest absolute Gasteiger partial charge is 0.263 e. The molecule has 3 heterocycles. The van der Waals surface area contributed by atoms with Gasteiger partial charge in [-0.3, -0.25) is 14.2 Å². The number of carbonyl (C=O) groups excluding carboxylic acids is 1. The third-order valence-corrected chi connectivity index (χ3v) is 8.15. The molecule has 1 aliphatic heterocycles. The maximum Gasteiger partial charge on any atom is 0.263 e. The first-order valence-corrected chi connectivity index (χ1v) is 12.8. The summed E-state index contributed by atoms with van der Waals surface area (Å²) in [6.07, 6.45) is 8.77. The Morgan fingerprint density at radius 1 is 1.14 bits per heavy atom. The van der Waals surface area contributed by atoms with Crippen LogP contribution < -0.4 is 5.56 Å². The molecule has 0 spiro atoms. The van der Waals surface area contributed by atoms with Gasteiger partial charge in [0.05, 0.1) is 11.1 Å². The van der Waals surface area contributed by atoms with E-state index in [2.05, 4.69) is 13.8 Å². The summed E-state index contributed by atoms with van der Waals surface area (Å²) in [7, 11) is 0. The molecule has 1 amide bonds. The molecule has 2 aromatic rings. The second kappa shape index (κ2) is 9.21. The highest BCUT2D eigenvalue weighted by molar-refractivity contribution is 7.99. The number of hydrogen-bond donors (Lipinski definition) is 0. The van der Waals surface area contributed by atoms with Crippen molar-refractivity contribution in [3.05, 3.63) is 20.8 Å². The van der Waals surface area contributed by atoms with Crippen LogP contribution in [0.5, 0.6) is 0 Å². The second-order valence-corrected chi connectivity index (χ2v) is 10.7. The third-order valence-electron chi connectivity index (χ3n) is 6.00. The zero-order valence-electron chi connectivity index (χ0n) is 17.5. The van der Waals surface area contributed by atoms with E-state index in [1.165, 1.54) is 35.0 Å². The number of carbonyl (C=O) groups is 1. The van der Waals surface area contributed by atoms with E-state index >= 15 is 0 Å². The first-order valence-electron chi connectivity index (χ1n) is 11.0. The van der Waals surface area contributed by atoms with E-state index in [4.69, 9.17) is 4.98 Å². The zero-order valence-corrected chi connectivity index (χ0v) is 19.2. The van der Waals surface area contributed by atoms with E-state index < -0.39 is 0 Å². The normalized spacial score (nSPS) is 17.1. The predicted octanol–water partition coefficient (Wildman–Crippen LogP) is 4.49. The minimum absolute atomic E-state index is 0.1000. The molecule has 0 aromatic carbocycles. The summed E-state index contributed by atoms with van der Waals surface area (Å²) in [4.78, 5) is 35.2. The molecule has 0 saturated carbocycles. The molecule has 2 aromatic heterocycles. The Hall–Kier alpha value is -1.34. The minimum atomic E-state index is 0.1000. The Labute approximate surface area is 180 Å². The summed E-state index contributed by atoms with van der Waals surface area (Å²) in [5, 5.41) is 1.56. The van der Waals surface area contributed by atoms with E-state index in [0.717, 1.165) is 61.8 Å². The van der Waals surface area contributed by atoms with Crippen molar-refractivity contribution in [1.29, 1.82) is 0 Å². The van der Waals surface area contributed by atoms with Crippen molar-refractivity contribution in [3.8, 4) is 0 Å². The summed E-state index contributed by atoms with van der Waals surface area (Å²) in [6.45, 7) is 6.75. The summed E-state index contributed by atoms with van der Waals surface area (Å²) >= 11 is 3.13. The average Bonchev–Trinajstić information content (AvgIpc) is 3.10. The number of fused-ring (bicyclic) bond motifs is 3. The Morgan fingerprint density at radius 3 is 2.66 bits per heavy atom. The van der Waals surface area contributed by atoms with Crippen LogP contribution in [0.4, 0.5) is 0 Å². The van der Waals surface area contributed by atoms with Crippen LogP contribution in [0.3, 0.4) is 0 Å². The number of nitrogens with zero attached hydrogens (tertiary/aromatic N) is 3. The van der Waals surface area contributed by atoms with Gasteiger partial charge >= 0.3 is 0 Å². The molecule has 7 heteroatoms. The molecule has 158 valence electrons. The number of aryl methyl sites for hydroxylation is 2. The standard InChI is InChI=1S/C22H31N3O2S2/c1-15(2)10-13-25-21(27)19-16-8-4-5-9-17(16)29-20(19)23-22(25)28-14-18(26)24-11-6-3-7-12-24/h15H,3-14H2,1-2H3. The van der Waals surface area contributed by atoms with Crippen LogP contribution in [0.25, 0.3) is 10.2 Å². The largest absolute Gasteiger partial charge is 0.342 e. The summed E-state index contributed by atoms with van der Waals surface area (Å²) in [5.74, 6) is 1.05. The molecular weight excluding hydrogens is 402 g/mol. The van der Waals surface area contributed by atoms with Crippen LogP contribution in [0.1, 0.15) is 62.8 Å². The third kappa shape index (κ3) is 4.55. The lowest BCUT2D eigenvalue weighted by molar-refractivity contribution is -0.129. The maximum absolute atomic E-state index is 13.5. The van der Waals surface area contributed by atoms with Crippen LogP contribution in [0.2, 0.25) is 0 Å². The Kier molecular flexibility index (Phi) is 6.64. The predicted molar refractivity (Wildman–Crippen MR) is 121 cm³/mol. The number of amides is 1. The molecule has 1 aliphatic carbocycles. The lowest BCUT2D eigenvalue weighted by Crippen LogP contribution is -2.37. The Bertz CT molecular complexity index is 942. The number of thiophene rings is 1. The fraction of sp³-hybridized carbons (Fsp3) is 0.682. The van der Waals surface area contributed by atoms with Crippen molar-refractivity contribution in [2.75, 3.05) is 18.8 Å². The molecule has 5 nitrogen and oxygen atoms in total. The van der Waals surface area contributed by atoms with Crippen LogP contribution in [0.15, 0.2) is 9.95 Å². The van der Waals surface area contributed by atoms with Crippen molar-refractivity contribution >= 4 is 39.2 Å². The van der Waals surface area contributed by atoms with Gasteiger partial charge in [0.1, 0.15) is 4.83 Å². The van der Waals surface area contributed by atoms with Crippen LogP contribution >= 0.6 is 23.1 Å². The molecule has 0 N–H and O–H groups in total. The fourth-order valence-electron chi connectivity index (χ4n) is 4.28. The molecule has 1 fully saturated rings. The number of rotatable bonds is 6. The van der Waals surface area contributed by atoms with E-state index in [1.54, 1.807) is 11.3 Å². The van der Waals surface area contributed by atoms with Gasteiger partial charge in [-0.15, -0.1) is 11.3 Å². The minimum Gasteiger partial charge on any atom is -0.342 e. The molecule has 4 rings (SSSR count). The van der Waals surface area contributed by atoms with Crippen molar-refractivity contribution in [2.45, 2.75) is 76.9 Å². The van der Waals surface area contributed by atoms with Crippen LogP contribution in [0, 0.1) is 5.92 Å². The average molecular weight is 434 g/mol. The molecule has 1 saturated heterocycles.